The Labute approximate surface area is 88.9 Å². The fraction of sp³-hybridized carbons (Fsp3) is 0.667. The topological polar surface area (TPSA) is 85.8 Å². The van der Waals surface area contributed by atoms with Crippen molar-refractivity contribution in [1.29, 1.82) is 0 Å². The molecule has 0 atom stereocenters. The molecule has 6 nitrogen and oxygen atoms in total. The van der Waals surface area contributed by atoms with E-state index < -0.39 is 0 Å². The summed E-state index contributed by atoms with van der Waals surface area (Å²) in [6.07, 6.45) is 1.51. The predicted octanol–water partition coefficient (Wildman–Crippen LogP) is -0.491. The number of rotatable bonds is 5. The van der Waals surface area contributed by atoms with Crippen molar-refractivity contribution in [3.63, 3.8) is 0 Å². The van der Waals surface area contributed by atoms with Gasteiger partial charge >= 0.3 is 0 Å². The summed E-state index contributed by atoms with van der Waals surface area (Å²) >= 11 is 0. The molecular weight excluding hydrogens is 194 g/mol. The molecule has 1 heterocycles. The first kappa shape index (κ1) is 11.6. The van der Waals surface area contributed by atoms with Crippen molar-refractivity contribution in [3.8, 4) is 0 Å². The molecule has 84 valence electrons. The molecule has 0 aromatic carbocycles. The third-order valence-corrected chi connectivity index (χ3v) is 1.78. The third kappa shape index (κ3) is 4.07. The van der Waals surface area contributed by atoms with E-state index in [4.69, 9.17) is 5.73 Å². The summed E-state index contributed by atoms with van der Waals surface area (Å²) in [6, 6.07) is 0. The molecule has 0 unspecified atom stereocenters. The molecule has 0 spiro atoms. The Morgan fingerprint density at radius 3 is 2.93 bits per heavy atom. The predicted molar refractivity (Wildman–Crippen MR) is 55.8 cm³/mol. The molecular formula is C9H17N5O. The minimum atomic E-state index is -0.0582. The number of nitrogens with two attached hydrogens (primary N) is 1. The van der Waals surface area contributed by atoms with E-state index in [1.807, 2.05) is 13.8 Å². The van der Waals surface area contributed by atoms with Crippen LogP contribution < -0.4 is 11.1 Å². The lowest BCUT2D eigenvalue weighted by Crippen LogP contribution is -2.30. The highest BCUT2D eigenvalue weighted by Crippen LogP contribution is 1.90. The highest BCUT2D eigenvalue weighted by Gasteiger charge is 2.05. The Balaban J connectivity index is 2.37. The van der Waals surface area contributed by atoms with Gasteiger partial charge in [-0.15, -0.1) is 0 Å². The van der Waals surface area contributed by atoms with Gasteiger partial charge in [-0.05, 0) is 5.92 Å². The maximum Gasteiger partial charge on any atom is 0.241 e. The summed E-state index contributed by atoms with van der Waals surface area (Å²) in [4.78, 5) is 15.3. The molecule has 1 amide bonds. The summed E-state index contributed by atoms with van der Waals surface area (Å²) in [5, 5.41) is 6.81. The smallest absolute Gasteiger partial charge is 0.241 e. The first-order valence-corrected chi connectivity index (χ1v) is 4.97. The van der Waals surface area contributed by atoms with E-state index in [2.05, 4.69) is 15.4 Å². The van der Waals surface area contributed by atoms with Gasteiger partial charge in [0, 0.05) is 6.54 Å². The van der Waals surface area contributed by atoms with E-state index in [9.17, 15) is 4.79 Å². The van der Waals surface area contributed by atoms with E-state index in [0.29, 0.717) is 24.8 Å². The number of nitrogens with one attached hydrogen (secondary N) is 1. The van der Waals surface area contributed by atoms with Gasteiger partial charge in [0.1, 0.15) is 12.9 Å². The van der Waals surface area contributed by atoms with Crippen molar-refractivity contribution in [1.82, 2.24) is 20.1 Å². The van der Waals surface area contributed by atoms with Crippen LogP contribution in [0.4, 0.5) is 0 Å². The second kappa shape index (κ2) is 5.45. The van der Waals surface area contributed by atoms with Crippen molar-refractivity contribution >= 4 is 5.91 Å². The van der Waals surface area contributed by atoms with Crippen LogP contribution in [0.5, 0.6) is 0 Å². The normalized spacial score (nSPS) is 10.7. The van der Waals surface area contributed by atoms with Gasteiger partial charge in [-0.3, -0.25) is 4.79 Å². The zero-order valence-electron chi connectivity index (χ0n) is 9.10. The van der Waals surface area contributed by atoms with Crippen LogP contribution in [0, 0.1) is 5.92 Å². The van der Waals surface area contributed by atoms with Crippen LogP contribution in [0.3, 0.4) is 0 Å². The molecule has 0 saturated heterocycles. The molecule has 0 aliphatic rings. The van der Waals surface area contributed by atoms with Crippen molar-refractivity contribution in [2.45, 2.75) is 26.9 Å². The fourth-order valence-electron chi connectivity index (χ4n) is 1.02. The molecule has 0 aliphatic carbocycles. The monoisotopic (exact) mass is 211 g/mol. The van der Waals surface area contributed by atoms with Crippen molar-refractivity contribution in [2.75, 3.05) is 6.54 Å². The van der Waals surface area contributed by atoms with Crippen LogP contribution in [0.15, 0.2) is 6.33 Å². The number of hydrogen-bond acceptors (Lipinski definition) is 4. The largest absolute Gasteiger partial charge is 0.354 e. The lowest BCUT2D eigenvalue weighted by Gasteiger charge is -2.06. The third-order valence-electron chi connectivity index (χ3n) is 1.78. The second-order valence-corrected chi connectivity index (χ2v) is 3.76. The van der Waals surface area contributed by atoms with E-state index in [0.717, 1.165) is 0 Å². The van der Waals surface area contributed by atoms with Crippen molar-refractivity contribution < 1.29 is 4.79 Å². The minimum absolute atomic E-state index is 0.0582. The molecule has 0 bridgehead atoms. The number of carbonyl (C=O) groups is 1. The Morgan fingerprint density at radius 2 is 2.40 bits per heavy atom. The summed E-state index contributed by atoms with van der Waals surface area (Å²) in [7, 11) is 0. The molecule has 6 heteroatoms. The Bertz CT molecular complexity index is 320. The van der Waals surface area contributed by atoms with Gasteiger partial charge in [-0.1, -0.05) is 13.8 Å². The highest BCUT2D eigenvalue weighted by atomic mass is 16.2. The van der Waals surface area contributed by atoms with Crippen LogP contribution in [-0.4, -0.2) is 27.2 Å². The molecule has 0 aliphatic heterocycles. The zero-order chi connectivity index (χ0) is 11.3. The summed E-state index contributed by atoms with van der Waals surface area (Å²) < 4.78 is 1.48. The average Bonchev–Trinajstić information content (AvgIpc) is 2.62. The number of aromatic nitrogens is 3. The zero-order valence-corrected chi connectivity index (χ0v) is 9.10. The van der Waals surface area contributed by atoms with Gasteiger partial charge in [0.15, 0.2) is 5.82 Å². The fourth-order valence-corrected chi connectivity index (χ4v) is 1.02. The molecule has 0 fully saturated rings. The molecule has 0 radical (unpaired) electrons. The molecule has 1 aromatic rings. The summed E-state index contributed by atoms with van der Waals surface area (Å²) in [5.41, 5.74) is 5.35. The van der Waals surface area contributed by atoms with Gasteiger partial charge < -0.3 is 11.1 Å². The first-order chi connectivity index (χ1) is 7.11. The quantitative estimate of drug-likeness (QED) is 0.688. The minimum Gasteiger partial charge on any atom is -0.354 e. The van der Waals surface area contributed by atoms with Crippen molar-refractivity contribution in [2.24, 2.45) is 11.7 Å². The van der Waals surface area contributed by atoms with Crippen molar-refractivity contribution in [3.05, 3.63) is 12.2 Å². The van der Waals surface area contributed by atoms with Gasteiger partial charge in [0.05, 0.1) is 6.54 Å². The summed E-state index contributed by atoms with van der Waals surface area (Å²) in [6.45, 7) is 5.25. The lowest BCUT2D eigenvalue weighted by molar-refractivity contribution is -0.122. The maximum atomic E-state index is 11.4. The molecule has 15 heavy (non-hydrogen) atoms. The average molecular weight is 211 g/mol. The Hall–Kier alpha value is -1.43. The SMILES string of the molecule is CC(C)CNC(=O)Cn1cnc(CN)n1. The van der Waals surface area contributed by atoms with Crippen LogP contribution in [0.1, 0.15) is 19.7 Å². The molecule has 1 aromatic heterocycles. The number of nitrogens with zero attached hydrogens (tertiary/aromatic N) is 3. The van der Waals surface area contributed by atoms with E-state index in [1.54, 1.807) is 0 Å². The van der Waals surface area contributed by atoms with Crippen LogP contribution in [0.25, 0.3) is 0 Å². The first-order valence-electron chi connectivity index (χ1n) is 4.97. The van der Waals surface area contributed by atoms with Gasteiger partial charge in [-0.2, -0.15) is 5.10 Å². The highest BCUT2D eigenvalue weighted by molar-refractivity contribution is 5.75. The van der Waals surface area contributed by atoms with Crippen LogP contribution >= 0.6 is 0 Å². The van der Waals surface area contributed by atoms with E-state index in [-0.39, 0.29) is 12.5 Å². The van der Waals surface area contributed by atoms with Gasteiger partial charge in [-0.25, -0.2) is 9.67 Å². The van der Waals surface area contributed by atoms with Crippen LogP contribution in [-0.2, 0) is 17.9 Å². The second-order valence-electron chi connectivity index (χ2n) is 3.76. The summed E-state index contributed by atoms with van der Waals surface area (Å²) in [5.74, 6) is 0.938. The number of hydrogen-bond donors (Lipinski definition) is 2. The Kier molecular flexibility index (Phi) is 4.23. The lowest BCUT2D eigenvalue weighted by atomic mass is 10.2. The standard InChI is InChI=1S/C9H17N5O/c1-7(2)4-11-9(15)5-14-6-12-8(3-10)13-14/h6-7H,3-5,10H2,1-2H3,(H,11,15). The van der Waals surface area contributed by atoms with Gasteiger partial charge in [0.2, 0.25) is 5.91 Å². The van der Waals surface area contributed by atoms with E-state index in [1.165, 1.54) is 11.0 Å². The van der Waals surface area contributed by atoms with E-state index >= 15 is 0 Å². The molecule has 3 N–H and O–H groups in total. The van der Waals surface area contributed by atoms with Gasteiger partial charge in [0.25, 0.3) is 0 Å². The number of carbonyl (C=O) groups excluding carboxylic acids is 1. The molecule has 0 saturated carbocycles. The number of amides is 1. The molecule has 1 rings (SSSR count). The Morgan fingerprint density at radius 1 is 1.67 bits per heavy atom. The van der Waals surface area contributed by atoms with Crippen LogP contribution in [0.2, 0.25) is 0 Å². The maximum absolute atomic E-state index is 11.4.